The van der Waals surface area contributed by atoms with Gasteiger partial charge in [-0.1, -0.05) is 25.0 Å². The third-order valence-electron chi connectivity index (χ3n) is 5.17. The highest BCUT2D eigenvalue weighted by atomic mass is 16.2. The van der Waals surface area contributed by atoms with Gasteiger partial charge in [0, 0.05) is 26.1 Å². The lowest BCUT2D eigenvalue weighted by atomic mass is 10.2. The van der Waals surface area contributed by atoms with Crippen LogP contribution < -0.4 is 16.3 Å². The minimum absolute atomic E-state index is 0.00879. The Hall–Kier alpha value is -3.09. The number of fused-ring (bicyclic) bond motifs is 1. The molecular formula is C20H23N5O2. The van der Waals surface area contributed by atoms with E-state index in [-0.39, 0.29) is 17.6 Å². The second kappa shape index (κ2) is 6.90. The first-order chi connectivity index (χ1) is 13.0. The summed E-state index contributed by atoms with van der Waals surface area (Å²) in [5, 5.41) is 6.08. The zero-order valence-corrected chi connectivity index (χ0v) is 15.5. The highest BCUT2D eigenvalue weighted by Crippen LogP contribution is 2.32. The number of hydrogen-bond donors (Lipinski definition) is 2. The van der Waals surface area contributed by atoms with Gasteiger partial charge >= 0.3 is 5.69 Å². The summed E-state index contributed by atoms with van der Waals surface area (Å²) in [5.74, 6) is 0.503. The van der Waals surface area contributed by atoms with Crippen molar-refractivity contribution in [2.24, 2.45) is 7.05 Å². The predicted molar refractivity (Wildman–Crippen MR) is 107 cm³/mol. The SMILES string of the molecule is CC(=O)Nc1ccccc1Nc1cc2c(cn1)n(C)c(=O)n2C1CCCC1. The van der Waals surface area contributed by atoms with E-state index in [9.17, 15) is 9.59 Å². The van der Waals surface area contributed by atoms with Gasteiger partial charge in [0.15, 0.2) is 0 Å². The summed E-state index contributed by atoms with van der Waals surface area (Å²) in [6, 6.07) is 9.64. The molecule has 0 radical (unpaired) electrons. The van der Waals surface area contributed by atoms with Crippen LogP contribution in [-0.2, 0) is 11.8 Å². The van der Waals surface area contributed by atoms with Crippen LogP contribution in [0, 0.1) is 0 Å². The van der Waals surface area contributed by atoms with Crippen molar-refractivity contribution in [1.29, 1.82) is 0 Å². The molecule has 1 aliphatic rings. The molecule has 7 heteroatoms. The Labute approximate surface area is 157 Å². The van der Waals surface area contributed by atoms with Gasteiger partial charge in [0.25, 0.3) is 0 Å². The minimum atomic E-state index is -0.134. The number of carbonyl (C=O) groups excluding carboxylic acids is 1. The van der Waals surface area contributed by atoms with Crippen molar-refractivity contribution in [2.45, 2.75) is 38.6 Å². The van der Waals surface area contributed by atoms with Crippen LogP contribution in [0.15, 0.2) is 41.3 Å². The molecule has 0 atom stereocenters. The zero-order chi connectivity index (χ0) is 19.0. The molecule has 27 heavy (non-hydrogen) atoms. The molecule has 0 spiro atoms. The lowest BCUT2D eigenvalue weighted by Gasteiger charge is -2.13. The van der Waals surface area contributed by atoms with Crippen LogP contribution in [0.25, 0.3) is 11.0 Å². The number of para-hydroxylation sites is 2. The summed E-state index contributed by atoms with van der Waals surface area (Å²) < 4.78 is 3.57. The first kappa shape index (κ1) is 17.3. The summed E-state index contributed by atoms with van der Waals surface area (Å²) in [7, 11) is 1.79. The van der Waals surface area contributed by atoms with E-state index in [0.29, 0.717) is 11.5 Å². The molecule has 0 unspecified atom stereocenters. The average molecular weight is 365 g/mol. The van der Waals surface area contributed by atoms with Gasteiger partial charge < -0.3 is 10.6 Å². The summed E-state index contributed by atoms with van der Waals surface area (Å²) in [6.45, 7) is 1.48. The first-order valence-electron chi connectivity index (χ1n) is 9.25. The number of nitrogens with one attached hydrogen (secondary N) is 2. The van der Waals surface area contributed by atoms with E-state index in [2.05, 4.69) is 15.6 Å². The summed E-state index contributed by atoms with van der Waals surface area (Å²) in [6.07, 6.45) is 6.12. The average Bonchev–Trinajstić information content (AvgIpc) is 3.24. The molecule has 7 nitrogen and oxygen atoms in total. The summed E-state index contributed by atoms with van der Waals surface area (Å²) >= 11 is 0. The van der Waals surface area contributed by atoms with Crippen LogP contribution in [0.3, 0.4) is 0 Å². The van der Waals surface area contributed by atoms with E-state index in [1.165, 1.54) is 6.92 Å². The van der Waals surface area contributed by atoms with Crippen molar-refractivity contribution >= 4 is 34.1 Å². The number of rotatable bonds is 4. The number of nitrogens with zero attached hydrogens (tertiary/aromatic N) is 3. The van der Waals surface area contributed by atoms with E-state index in [1.807, 2.05) is 34.9 Å². The van der Waals surface area contributed by atoms with E-state index < -0.39 is 0 Å². The second-order valence-corrected chi connectivity index (χ2v) is 7.06. The van der Waals surface area contributed by atoms with Gasteiger partial charge in [-0.15, -0.1) is 0 Å². The van der Waals surface area contributed by atoms with Gasteiger partial charge in [0.05, 0.1) is 28.6 Å². The van der Waals surface area contributed by atoms with E-state index in [0.717, 1.165) is 42.4 Å². The van der Waals surface area contributed by atoms with Crippen molar-refractivity contribution < 1.29 is 4.79 Å². The van der Waals surface area contributed by atoms with Crippen LogP contribution in [0.1, 0.15) is 38.6 Å². The topological polar surface area (TPSA) is 81.0 Å². The number of pyridine rings is 1. The molecule has 2 N–H and O–H groups in total. The number of benzene rings is 1. The van der Waals surface area contributed by atoms with Crippen LogP contribution >= 0.6 is 0 Å². The Morgan fingerprint density at radius 1 is 1.15 bits per heavy atom. The molecular weight excluding hydrogens is 342 g/mol. The Morgan fingerprint density at radius 3 is 2.56 bits per heavy atom. The number of anilines is 3. The molecule has 4 rings (SSSR count). The fourth-order valence-corrected chi connectivity index (χ4v) is 3.87. The van der Waals surface area contributed by atoms with E-state index >= 15 is 0 Å². The van der Waals surface area contributed by atoms with Crippen molar-refractivity contribution in [3.63, 3.8) is 0 Å². The van der Waals surface area contributed by atoms with Gasteiger partial charge in [-0.05, 0) is 25.0 Å². The lowest BCUT2D eigenvalue weighted by molar-refractivity contribution is -0.114. The lowest BCUT2D eigenvalue weighted by Crippen LogP contribution is -2.24. The summed E-state index contributed by atoms with van der Waals surface area (Å²) in [5.41, 5.74) is 3.17. The smallest absolute Gasteiger partial charge is 0.329 e. The highest BCUT2D eigenvalue weighted by molar-refractivity contribution is 5.93. The maximum absolute atomic E-state index is 12.8. The number of aromatic nitrogens is 3. The van der Waals surface area contributed by atoms with Crippen molar-refractivity contribution in [3.05, 3.63) is 47.0 Å². The Kier molecular flexibility index (Phi) is 4.43. The molecule has 1 fully saturated rings. The normalized spacial score (nSPS) is 14.6. The maximum Gasteiger partial charge on any atom is 0.329 e. The van der Waals surface area contributed by atoms with E-state index in [4.69, 9.17) is 0 Å². The molecule has 3 aromatic rings. The minimum Gasteiger partial charge on any atom is -0.338 e. The van der Waals surface area contributed by atoms with Crippen LogP contribution in [0.2, 0.25) is 0 Å². The molecule has 0 bridgehead atoms. The van der Waals surface area contributed by atoms with Gasteiger partial charge in [0.1, 0.15) is 5.82 Å². The molecule has 140 valence electrons. The van der Waals surface area contributed by atoms with Gasteiger partial charge in [0.2, 0.25) is 5.91 Å². The van der Waals surface area contributed by atoms with E-state index in [1.54, 1.807) is 17.8 Å². The summed E-state index contributed by atoms with van der Waals surface area (Å²) in [4.78, 5) is 28.6. The van der Waals surface area contributed by atoms with Crippen LogP contribution in [0.5, 0.6) is 0 Å². The van der Waals surface area contributed by atoms with Crippen molar-refractivity contribution in [3.8, 4) is 0 Å². The molecule has 1 aliphatic carbocycles. The van der Waals surface area contributed by atoms with Gasteiger partial charge in [-0.25, -0.2) is 9.78 Å². The van der Waals surface area contributed by atoms with Crippen molar-refractivity contribution in [1.82, 2.24) is 14.1 Å². The van der Waals surface area contributed by atoms with Crippen LogP contribution in [0.4, 0.5) is 17.2 Å². The molecule has 1 saturated carbocycles. The molecule has 2 heterocycles. The number of amides is 1. The molecule has 2 aromatic heterocycles. The zero-order valence-electron chi connectivity index (χ0n) is 15.5. The fourth-order valence-electron chi connectivity index (χ4n) is 3.87. The maximum atomic E-state index is 12.8. The van der Waals surface area contributed by atoms with Crippen molar-refractivity contribution in [2.75, 3.05) is 10.6 Å². The third kappa shape index (κ3) is 3.20. The van der Waals surface area contributed by atoms with Crippen LogP contribution in [-0.4, -0.2) is 20.0 Å². The van der Waals surface area contributed by atoms with Gasteiger partial charge in [-0.3, -0.25) is 13.9 Å². The monoisotopic (exact) mass is 365 g/mol. The quantitative estimate of drug-likeness (QED) is 0.741. The standard InChI is InChI=1S/C20H23N5O2/c1-13(26)22-15-9-5-6-10-16(15)23-19-11-17-18(12-21-19)24(2)20(27)25(17)14-7-3-4-8-14/h5-6,9-12,14H,3-4,7-8H2,1-2H3,(H,21,23)(H,22,26). The highest BCUT2D eigenvalue weighted by Gasteiger charge is 2.23. The Balaban J connectivity index is 1.75. The predicted octanol–water partition coefficient (Wildman–Crippen LogP) is 3.55. The van der Waals surface area contributed by atoms with Gasteiger partial charge in [-0.2, -0.15) is 0 Å². The molecule has 1 aromatic carbocycles. The number of carbonyl (C=O) groups is 1. The molecule has 1 amide bonds. The number of aryl methyl sites for hydroxylation is 1. The molecule has 0 aliphatic heterocycles. The Bertz CT molecular complexity index is 1060. The fraction of sp³-hybridized carbons (Fsp3) is 0.350. The largest absolute Gasteiger partial charge is 0.338 e. The molecule has 0 saturated heterocycles. The number of imidazole rings is 1. The first-order valence-corrected chi connectivity index (χ1v) is 9.25. The Morgan fingerprint density at radius 2 is 1.85 bits per heavy atom. The second-order valence-electron chi connectivity index (χ2n) is 7.06. The third-order valence-corrected chi connectivity index (χ3v) is 5.17. The number of hydrogen-bond acceptors (Lipinski definition) is 4.